The van der Waals surface area contributed by atoms with Crippen LogP contribution in [-0.4, -0.2) is 54.7 Å². The highest BCUT2D eigenvalue weighted by atomic mass is 32.2. The summed E-state index contributed by atoms with van der Waals surface area (Å²) in [6.07, 6.45) is 2.40. The van der Waals surface area contributed by atoms with Crippen LogP contribution in [0.1, 0.15) is 19.8 Å². The molecular formula is C17H26N2OS. The van der Waals surface area contributed by atoms with Crippen LogP contribution < -0.4 is 0 Å². The van der Waals surface area contributed by atoms with Crippen LogP contribution in [-0.2, 0) is 4.79 Å². The molecule has 1 saturated heterocycles. The van der Waals surface area contributed by atoms with Gasteiger partial charge in [-0.1, -0.05) is 31.5 Å². The predicted molar refractivity (Wildman–Crippen MR) is 89.6 cm³/mol. The molecule has 21 heavy (non-hydrogen) atoms. The van der Waals surface area contributed by atoms with Crippen molar-refractivity contribution in [1.82, 2.24) is 9.80 Å². The summed E-state index contributed by atoms with van der Waals surface area (Å²) in [7, 11) is 4.25. The minimum Gasteiger partial charge on any atom is -0.340 e. The van der Waals surface area contributed by atoms with Gasteiger partial charge in [-0.25, -0.2) is 0 Å². The molecule has 4 heteroatoms. The maximum Gasteiger partial charge on any atom is 0.232 e. The van der Waals surface area contributed by atoms with Crippen LogP contribution >= 0.6 is 11.8 Å². The molecular weight excluding hydrogens is 280 g/mol. The first-order valence-electron chi connectivity index (χ1n) is 7.74. The van der Waals surface area contributed by atoms with Gasteiger partial charge in [-0.05, 0) is 38.6 Å². The van der Waals surface area contributed by atoms with Crippen molar-refractivity contribution in [2.75, 3.05) is 32.9 Å². The molecule has 1 aromatic carbocycles. The normalized spacial score (nSPS) is 22.0. The number of likely N-dealkylation sites (tertiary alicyclic amines) is 1. The van der Waals surface area contributed by atoms with Crippen LogP contribution in [0, 0.1) is 5.92 Å². The predicted octanol–water partition coefficient (Wildman–Crippen LogP) is 2.97. The first-order valence-corrected chi connectivity index (χ1v) is 8.72. The van der Waals surface area contributed by atoms with Crippen molar-refractivity contribution in [3.05, 3.63) is 30.3 Å². The summed E-state index contributed by atoms with van der Waals surface area (Å²) in [4.78, 5) is 17.9. The Morgan fingerprint density at radius 3 is 2.62 bits per heavy atom. The Morgan fingerprint density at radius 1 is 1.29 bits per heavy atom. The van der Waals surface area contributed by atoms with Gasteiger partial charge >= 0.3 is 0 Å². The van der Waals surface area contributed by atoms with Crippen molar-refractivity contribution in [2.45, 2.75) is 30.7 Å². The highest BCUT2D eigenvalue weighted by molar-refractivity contribution is 8.00. The molecule has 1 aliphatic rings. The zero-order valence-corrected chi connectivity index (χ0v) is 14.1. The lowest BCUT2D eigenvalue weighted by atomic mass is 9.98. The molecule has 2 rings (SSSR count). The summed E-state index contributed by atoms with van der Waals surface area (Å²) in [6.45, 7) is 4.03. The Kier molecular flexibility index (Phi) is 6.12. The van der Waals surface area contributed by atoms with E-state index in [1.165, 1.54) is 17.7 Å². The van der Waals surface area contributed by atoms with Gasteiger partial charge < -0.3 is 9.80 Å². The van der Waals surface area contributed by atoms with Crippen molar-refractivity contribution >= 4 is 17.7 Å². The number of benzene rings is 1. The summed E-state index contributed by atoms with van der Waals surface area (Å²) in [5.41, 5.74) is 0. The number of rotatable bonds is 6. The summed E-state index contributed by atoms with van der Waals surface area (Å²) in [5, 5.41) is 0. The largest absolute Gasteiger partial charge is 0.340 e. The molecule has 1 aromatic rings. The number of carbonyl (C=O) groups is 1. The van der Waals surface area contributed by atoms with Crippen molar-refractivity contribution in [3.8, 4) is 0 Å². The van der Waals surface area contributed by atoms with E-state index in [4.69, 9.17) is 0 Å². The highest BCUT2D eigenvalue weighted by Crippen LogP contribution is 2.26. The molecule has 0 aromatic heterocycles. The average Bonchev–Trinajstić information content (AvgIpc) is 2.90. The Balaban J connectivity index is 1.88. The first kappa shape index (κ1) is 16.4. The van der Waals surface area contributed by atoms with Crippen LogP contribution in [0.2, 0.25) is 0 Å². The standard InChI is InChI=1S/C17H26N2OS/c1-4-8-14-11-19(12-16(14)18(2)3)17(20)13-21-15-9-6-5-7-10-15/h5-7,9-10,14,16H,4,8,11-13H2,1-3H3/t14-,16-/m1/s1. The van der Waals surface area contributed by atoms with Gasteiger partial charge in [-0.15, -0.1) is 11.8 Å². The lowest BCUT2D eigenvalue weighted by Gasteiger charge is -2.24. The van der Waals surface area contributed by atoms with Gasteiger partial charge in [0.1, 0.15) is 0 Å². The van der Waals surface area contributed by atoms with E-state index in [9.17, 15) is 4.79 Å². The van der Waals surface area contributed by atoms with E-state index < -0.39 is 0 Å². The highest BCUT2D eigenvalue weighted by Gasteiger charge is 2.35. The molecule has 1 amide bonds. The number of hydrogen-bond acceptors (Lipinski definition) is 3. The first-order chi connectivity index (χ1) is 10.1. The van der Waals surface area contributed by atoms with Crippen LogP contribution in [0.15, 0.2) is 35.2 Å². The lowest BCUT2D eigenvalue weighted by Crippen LogP contribution is -2.36. The fourth-order valence-corrected chi connectivity index (χ4v) is 3.87. The third-order valence-corrected chi connectivity index (χ3v) is 5.18. The van der Waals surface area contributed by atoms with Crippen LogP contribution in [0.4, 0.5) is 0 Å². The zero-order valence-electron chi connectivity index (χ0n) is 13.3. The monoisotopic (exact) mass is 306 g/mol. The minimum atomic E-state index is 0.273. The van der Waals surface area contributed by atoms with Crippen LogP contribution in [0.3, 0.4) is 0 Å². The summed E-state index contributed by atoms with van der Waals surface area (Å²) < 4.78 is 0. The molecule has 0 bridgehead atoms. The van der Waals surface area contributed by atoms with E-state index >= 15 is 0 Å². The zero-order chi connectivity index (χ0) is 15.2. The van der Waals surface area contributed by atoms with Gasteiger partial charge in [0.2, 0.25) is 5.91 Å². The van der Waals surface area contributed by atoms with Crippen LogP contribution in [0.5, 0.6) is 0 Å². The Hall–Kier alpha value is -1.00. The van der Waals surface area contributed by atoms with Gasteiger partial charge in [-0.2, -0.15) is 0 Å². The van der Waals surface area contributed by atoms with E-state index in [-0.39, 0.29) is 5.91 Å². The molecule has 3 nitrogen and oxygen atoms in total. The Labute approximate surface area is 132 Å². The number of likely N-dealkylation sites (N-methyl/N-ethyl adjacent to an activating group) is 1. The molecule has 1 heterocycles. The van der Waals surface area contributed by atoms with E-state index in [1.807, 2.05) is 18.2 Å². The molecule has 0 aliphatic carbocycles. The van der Waals surface area contributed by atoms with Crippen molar-refractivity contribution in [3.63, 3.8) is 0 Å². The molecule has 0 radical (unpaired) electrons. The number of thioether (sulfide) groups is 1. The molecule has 0 N–H and O–H groups in total. The van der Waals surface area contributed by atoms with Gasteiger partial charge in [0.05, 0.1) is 5.75 Å². The van der Waals surface area contributed by atoms with E-state index in [0.29, 0.717) is 17.7 Å². The maximum atomic E-state index is 12.4. The number of hydrogen-bond donors (Lipinski definition) is 0. The Morgan fingerprint density at radius 2 is 2.00 bits per heavy atom. The number of amides is 1. The fourth-order valence-electron chi connectivity index (χ4n) is 3.05. The van der Waals surface area contributed by atoms with Crippen molar-refractivity contribution in [2.24, 2.45) is 5.92 Å². The SMILES string of the molecule is CCC[C@@H]1CN(C(=O)CSc2ccccc2)C[C@H]1N(C)C. The number of carbonyl (C=O) groups excluding carboxylic acids is 1. The van der Waals surface area contributed by atoms with Gasteiger partial charge in [0, 0.05) is 24.0 Å². The second-order valence-corrected chi connectivity index (χ2v) is 7.03. The van der Waals surface area contributed by atoms with E-state index in [1.54, 1.807) is 11.8 Å². The Bertz CT molecular complexity index is 449. The second-order valence-electron chi connectivity index (χ2n) is 5.98. The fraction of sp³-hybridized carbons (Fsp3) is 0.588. The molecule has 1 aliphatic heterocycles. The average molecular weight is 306 g/mol. The molecule has 1 fully saturated rings. The summed E-state index contributed by atoms with van der Waals surface area (Å²) in [5.74, 6) is 1.44. The summed E-state index contributed by atoms with van der Waals surface area (Å²) >= 11 is 1.63. The van der Waals surface area contributed by atoms with E-state index in [0.717, 1.165) is 13.1 Å². The molecule has 116 valence electrons. The van der Waals surface area contributed by atoms with Crippen LogP contribution in [0.25, 0.3) is 0 Å². The van der Waals surface area contributed by atoms with E-state index in [2.05, 4.69) is 43.0 Å². The van der Waals surface area contributed by atoms with Crippen molar-refractivity contribution in [1.29, 1.82) is 0 Å². The van der Waals surface area contributed by atoms with Gasteiger partial charge in [-0.3, -0.25) is 4.79 Å². The van der Waals surface area contributed by atoms with Gasteiger partial charge in [0.15, 0.2) is 0 Å². The number of nitrogens with zero attached hydrogens (tertiary/aromatic N) is 2. The molecule has 0 unspecified atom stereocenters. The molecule has 2 atom stereocenters. The molecule has 0 spiro atoms. The third-order valence-electron chi connectivity index (χ3n) is 4.19. The van der Waals surface area contributed by atoms with Crippen molar-refractivity contribution < 1.29 is 4.79 Å². The third kappa shape index (κ3) is 4.48. The minimum absolute atomic E-state index is 0.273. The quantitative estimate of drug-likeness (QED) is 0.755. The maximum absolute atomic E-state index is 12.4. The smallest absolute Gasteiger partial charge is 0.232 e. The molecule has 0 saturated carbocycles. The van der Waals surface area contributed by atoms with Gasteiger partial charge in [0.25, 0.3) is 0 Å². The second kappa shape index (κ2) is 7.85. The summed E-state index contributed by atoms with van der Waals surface area (Å²) in [6, 6.07) is 10.7. The lowest BCUT2D eigenvalue weighted by molar-refractivity contribution is -0.127. The topological polar surface area (TPSA) is 23.6 Å².